The van der Waals surface area contributed by atoms with Crippen molar-refractivity contribution in [3.63, 3.8) is 0 Å². The Morgan fingerprint density at radius 2 is 1.72 bits per heavy atom. The molecule has 0 rings (SSSR count). The molecule has 0 aliphatic heterocycles. The van der Waals surface area contributed by atoms with E-state index < -0.39 is 7.82 Å². The molecule has 0 amide bonds. The van der Waals surface area contributed by atoms with Gasteiger partial charge in [-0.1, -0.05) is 32.6 Å². The van der Waals surface area contributed by atoms with Gasteiger partial charge in [-0.3, -0.25) is 4.52 Å². The van der Waals surface area contributed by atoms with Crippen LogP contribution in [0.3, 0.4) is 0 Å². The van der Waals surface area contributed by atoms with Gasteiger partial charge in [0.2, 0.25) is 0 Å². The van der Waals surface area contributed by atoms with Crippen molar-refractivity contribution in [2.24, 2.45) is 0 Å². The summed E-state index contributed by atoms with van der Waals surface area (Å²) in [5, 5.41) is 0. The fraction of sp³-hybridized carbons (Fsp3) is 1.00. The summed E-state index contributed by atoms with van der Waals surface area (Å²) in [4.78, 5) is 17.7. The number of rotatable bonds is 9. The Morgan fingerprint density at radius 1 is 1.17 bits per heavy atom. The minimum absolute atomic E-state index is 0. The Kier molecular flexibility index (Phi) is 10.2. The van der Waals surface area contributed by atoms with Crippen LogP contribution in [0.15, 0.2) is 0 Å². The highest BCUT2D eigenvalue weighted by atomic mass is 31.2. The second-order valence-electron chi connectivity index (χ2n) is 5.54. The summed E-state index contributed by atoms with van der Waals surface area (Å²) in [6, 6.07) is 0. The van der Waals surface area contributed by atoms with Crippen molar-refractivity contribution in [1.29, 1.82) is 0 Å². The molecule has 0 saturated heterocycles. The van der Waals surface area contributed by atoms with Gasteiger partial charge in [0, 0.05) is 0 Å². The van der Waals surface area contributed by atoms with Gasteiger partial charge in [0.25, 0.3) is 0 Å². The zero-order valence-corrected chi connectivity index (χ0v) is 12.8. The largest absolute Gasteiger partial charge is 0.470 e. The van der Waals surface area contributed by atoms with E-state index in [4.69, 9.17) is 14.3 Å². The predicted octanol–water partition coefficient (Wildman–Crippen LogP) is 1.32. The lowest BCUT2D eigenvalue weighted by Gasteiger charge is -2.29. The SMILES string of the molecule is CCCCCCC(C[N+](C)(C)C)OP(=O)(O)O.O. The van der Waals surface area contributed by atoms with Gasteiger partial charge < -0.3 is 19.7 Å². The molecule has 0 spiro atoms. The van der Waals surface area contributed by atoms with Crippen LogP contribution in [-0.4, -0.2) is 53.5 Å². The van der Waals surface area contributed by atoms with Gasteiger partial charge in [-0.2, -0.15) is 0 Å². The maximum Gasteiger partial charge on any atom is 0.470 e. The van der Waals surface area contributed by atoms with Gasteiger partial charge in [0.1, 0.15) is 12.6 Å². The first-order valence-corrected chi connectivity index (χ1v) is 7.71. The molecule has 0 aromatic rings. The molecule has 1 unspecified atom stereocenters. The molecular formula is C11H29NO5P+. The number of phosphoric acid groups is 1. The summed E-state index contributed by atoms with van der Waals surface area (Å²) in [6.45, 7) is 2.74. The van der Waals surface area contributed by atoms with Crippen LogP contribution in [0.4, 0.5) is 0 Å². The molecule has 112 valence electrons. The Labute approximate surface area is 110 Å². The third-order valence-electron chi connectivity index (χ3n) is 2.42. The van der Waals surface area contributed by atoms with E-state index in [1.54, 1.807) is 0 Å². The molecule has 0 aliphatic carbocycles. The molecular weight excluding hydrogens is 257 g/mol. The van der Waals surface area contributed by atoms with Gasteiger partial charge in [0.05, 0.1) is 21.1 Å². The van der Waals surface area contributed by atoms with Crippen molar-refractivity contribution < 1.29 is 28.8 Å². The second-order valence-corrected chi connectivity index (χ2v) is 6.73. The molecule has 0 aliphatic rings. The Hall–Kier alpha value is 0.0300. The summed E-state index contributed by atoms with van der Waals surface area (Å²) in [5.41, 5.74) is 0. The Balaban J connectivity index is 0. The monoisotopic (exact) mass is 286 g/mol. The van der Waals surface area contributed by atoms with Crippen LogP contribution in [0.2, 0.25) is 0 Å². The molecule has 1 atom stereocenters. The number of phosphoric ester groups is 1. The minimum atomic E-state index is -4.37. The van der Waals surface area contributed by atoms with E-state index >= 15 is 0 Å². The van der Waals surface area contributed by atoms with Crippen molar-refractivity contribution in [3.8, 4) is 0 Å². The molecule has 0 aromatic heterocycles. The molecule has 4 N–H and O–H groups in total. The molecule has 18 heavy (non-hydrogen) atoms. The lowest BCUT2D eigenvalue weighted by molar-refractivity contribution is -0.873. The third-order valence-corrected chi connectivity index (χ3v) is 2.99. The van der Waals surface area contributed by atoms with E-state index in [1.807, 2.05) is 21.1 Å². The van der Waals surface area contributed by atoms with E-state index in [2.05, 4.69) is 6.92 Å². The topological polar surface area (TPSA) is 98.3 Å². The third kappa shape index (κ3) is 14.1. The van der Waals surface area contributed by atoms with Crippen molar-refractivity contribution in [3.05, 3.63) is 0 Å². The molecule has 0 radical (unpaired) electrons. The summed E-state index contributed by atoms with van der Waals surface area (Å²) in [5.74, 6) is 0. The second kappa shape index (κ2) is 9.02. The first-order chi connectivity index (χ1) is 7.64. The summed E-state index contributed by atoms with van der Waals surface area (Å²) in [7, 11) is 1.59. The number of hydrogen-bond donors (Lipinski definition) is 2. The standard InChI is InChI=1S/C11H26NO4P.H2O/c1-5-6-7-8-9-11(10-12(2,3)4)16-17(13,14)15;/h11H,5-10H2,1-4H3,(H-,13,14,15);1H2/p+1. The van der Waals surface area contributed by atoms with Crippen molar-refractivity contribution in [1.82, 2.24) is 0 Å². The highest BCUT2D eigenvalue weighted by Gasteiger charge is 2.26. The number of nitrogens with zero attached hydrogens (tertiary/aromatic N) is 1. The van der Waals surface area contributed by atoms with E-state index in [0.717, 1.165) is 25.7 Å². The first-order valence-electron chi connectivity index (χ1n) is 6.18. The summed E-state index contributed by atoms with van der Waals surface area (Å²) >= 11 is 0. The van der Waals surface area contributed by atoms with Gasteiger partial charge >= 0.3 is 7.82 Å². The van der Waals surface area contributed by atoms with Crippen LogP contribution in [0.5, 0.6) is 0 Å². The van der Waals surface area contributed by atoms with Crippen molar-refractivity contribution >= 4 is 7.82 Å². The quantitative estimate of drug-likeness (QED) is 0.379. The number of quaternary nitrogens is 1. The van der Waals surface area contributed by atoms with Crippen LogP contribution in [-0.2, 0) is 9.09 Å². The molecule has 6 nitrogen and oxygen atoms in total. The van der Waals surface area contributed by atoms with E-state index in [0.29, 0.717) is 17.4 Å². The summed E-state index contributed by atoms with van der Waals surface area (Å²) in [6.07, 6.45) is 4.70. The zero-order valence-electron chi connectivity index (χ0n) is 11.9. The lowest BCUT2D eigenvalue weighted by atomic mass is 10.1. The van der Waals surface area contributed by atoms with Crippen molar-refractivity contribution in [2.45, 2.75) is 45.1 Å². The maximum absolute atomic E-state index is 10.9. The van der Waals surface area contributed by atoms with Gasteiger partial charge in [-0.25, -0.2) is 4.57 Å². The molecule has 0 heterocycles. The molecule has 7 heteroatoms. The van der Waals surface area contributed by atoms with Crippen LogP contribution in [0, 0.1) is 0 Å². The van der Waals surface area contributed by atoms with Gasteiger partial charge in [-0.15, -0.1) is 0 Å². The average Bonchev–Trinajstić information content (AvgIpc) is 2.06. The number of likely N-dealkylation sites (N-methyl/N-ethyl adjacent to an activating group) is 1. The smallest absolute Gasteiger partial charge is 0.412 e. The van der Waals surface area contributed by atoms with Crippen LogP contribution < -0.4 is 0 Å². The van der Waals surface area contributed by atoms with Gasteiger partial charge in [0.15, 0.2) is 0 Å². The van der Waals surface area contributed by atoms with Gasteiger partial charge in [-0.05, 0) is 6.42 Å². The molecule has 0 bridgehead atoms. The fourth-order valence-electron chi connectivity index (χ4n) is 1.78. The summed E-state index contributed by atoms with van der Waals surface area (Å²) < 4.78 is 16.4. The Bertz CT molecular complexity index is 248. The fourth-order valence-corrected chi connectivity index (χ4v) is 2.34. The van der Waals surface area contributed by atoms with E-state index in [1.165, 1.54) is 0 Å². The lowest BCUT2D eigenvalue weighted by Crippen LogP contribution is -2.42. The highest BCUT2D eigenvalue weighted by molar-refractivity contribution is 7.46. The number of hydrogen-bond acceptors (Lipinski definition) is 2. The normalized spacial score (nSPS) is 14.1. The zero-order chi connectivity index (χ0) is 13.5. The predicted molar refractivity (Wildman–Crippen MR) is 72.2 cm³/mol. The van der Waals surface area contributed by atoms with Crippen LogP contribution in [0.1, 0.15) is 39.0 Å². The van der Waals surface area contributed by atoms with Crippen LogP contribution >= 0.6 is 7.82 Å². The Morgan fingerprint density at radius 3 is 2.11 bits per heavy atom. The average molecular weight is 286 g/mol. The first kappa shape index (κ1) is 20.3. The minimum Gasteiger partial charge on any atom is -0.412 e. The molecule has 0 aromatic carbocycles. The van der Waals surface area contributed by atoms with Crippen LogP contribution in [0.25, 0.3) is 0 Å². The van der Waals surface area contributed by atoms with E-state index in [9.17, 15) is 4.57 Å². The molecule has 0 fully saturated rings. The highest BCUT2D eigenvalue weighted by Crippen LogP contribution is 2.38. The number of unbranched alkanes of at least 4 members (excludes halogenated alkanes) is 3. The van der Waals surface area contributed by atoms with E-state index in [-0.39, 0.29) is 11.6 Å². The van der Waals surface area contributed by atoms with Crippen molar-refractivity contribution in [2.75, 3.05) is 27.7 Å². The molecule has 0 saturated carbocycles. The maximum atomic E-state index is 10.9.